The summed E-state index contributed by atoms with van der Waals surface area (Å²) in [5.74, 6) is 0.583. The number of amides is 1. The van der Waals surface area contributed by atoms with Crippen LogP contribution in [0.3, 0.4) is 0 Å². The van der Waals surface area contributed by atoms with Gasteiger partial charge in [-0.1, -0.05) is 11.6 Å². The standard InChI is InChI=1S/C17H23ClN2O3/c1-22-15-3-2-13(18)10-14(15)19-16(21)11-20-7-4-17(12-20)5-8-23-9-6-17/h2-3,10H,4-9,11-12H2,1H3,(H,19,21). The van der Waals surface area contributed by atoms with Crippen molar-refractivity contribution in [3.63, 3.8) is 0 Å². The summed E-state index contributed by atoms with van der Waals surface area (Å²) in [5, 5.41) is 3.48. The Labute approximate surface area is 141 Å². The van der Waals surface area contributed by atoms with Crippen LogP contribution in [0.15, 0.2) is 18.2 Å². The van der Waals surface area contributed by atoms with Crippen LogP contribution in [0.1, 0.15) is 19.3 Å². The highest BCUT2D eigenvalue weighted by Gasteiger charge is 2.39. The minimum absolute atomic E-state index is 0.0327. The van der Waals surface area contributed by atoms with Crippen molar-refractivity contribution in [2.75, 3.05) is 45.3 Å². The van der Waals surface area contributed by atoms with Crippen LogP contribution in [-0.4, -0.2) is 50.8 Å². The number of anilines is 1. The quantitative estimate of drug-likeness (QED) is 0.917. The maximum atomic E-state index is 12.3. The molecule has 0 unspecified atom stereocenters. The molecule has 0 atom stereocenters. The average molecular weight is 339 g/mol. The van der Waals surface area contributed by atoms with Gasteiger partial charge in [0.2, 0.25) is 5.91 Å². The summed E-state index contributed by atoms with van der Waals surface area (Å²) >= 11 is 6.00. The second-order valence-electron chi connectivity index (χ2n) is 6.47. The van der Waals surface area contributed by atoms with Gasteiger partial charge in [-0.2, -0.15) is 0 Å². The fraction of sp³-hybridized carbons (Fsp3) is 0.588. The maximum Gasteiger partial charge on any atom is 0.238 e. The summed E-state index contributed by atoms with van der Waals surface area (Å²) in [6.07, 6.45) is 3.37. The predicted octanol–water partition coefficient (Wildman–Crippen LogP) is 2.79. The predicted molar refractivity (Wildman–Crippen MR) is 90.2 cm³/mol. The summed E-state index contributed by atoms with van der Waals surface area (Å²) in [6, 6.07) is 5.21. The smallest absolute Gasteiger partial charge is 0.238 e. The van der Waals surface area contributed by atoms with E-state index < -0.39 is 0 Å². The van der Waals surface area contributed by atoms with Crippen LogP contribution >= 0.6 is 11.6 Å². The third kappa shape index (κ3) is 3.97. The van der Waals surface area contributed by atoms with E-state index in [2.05, 4.69) is 10.2 Å². The fourth-order valence-corrected chi connectivity index (χ4v) is 3.72. The van der Waals surface area contributed by atoms with Crippen molar-refractivity contribution in [2.24, 2.45) is 5.41 Å². The number of hydrogen-bond donors (Lipinski definition) is 1. The molecule has 1 spiro atoms. The van der Waals surface area contributed by atoms with Gasteiger partial charge in [0, 0.05) is 24.8 Å². The Morgan fingerprint density at radius 3 is 2.91 bits per heavy atom. The number of likely N-dealkylation sites (tertiary alicyclic amines) is 1. The monoisotopic (exact) mass is 338 g/mol. The van der Waals surface area contributed by atoms with E-state index in [0.717, 1.165) is 45.6 Å². The van der Waals surface area contributed by atoms with Crippen molar-refractivity contribution in [2.45, 2.75) is 19.3 Å². The van der Waals surface area contributed by atoms with Gasteiger partial charge >= 0.3 is 0 Å². The van der Waals surface area contributed by atoms with Crippen LogP contribution in [0.2, 0.25) is 5.02 Å². The van der Waals surface area contributed by atoms with E-state index in [1.54, 1.807) is 25.3 Å². The van der Waals surface area contributed by atoms with Gasteiger partial charge in [-0.15, -0.1) is 0 Å². The second-order valence-corrected chi connectivity index (χ2v) is 6.90. The highest BCUT2D eigenvalue weighted by atomic mass is 35.5. The van der Waals surface area contributed by atoms with E-state index in [1.807, 2.05) is 0 Å². The molecule has 23 heavy (non-hydrogen) atoms. The summed E-state index contributed by atoms with van der Waals surface area (Å²) < 4.78 is 10.7. The van der Waals surface area contributed by atoms with E-state index in [-0.39, 0.29) is 5.91 Å². The molecule has 1 aromatic carbocycles. The minimum atomic E-state index is -0.0327. The third-order valence-electron chi connectivity index (χ3n) is 4.87. The Bertz CT molecular complexity index is 573. The molecule has 1 N–H and O–H groups in total. The Hall–Kier alpha value is -1.30. The van der Waals surface area contributed by atoms with E-state index in [0.29, 0.717) is 28.4 Å². The van der Waals surface area contributed by atoms with Gasteiger partial charge < -0.3 is 14.8 Å². The SMILES string of the molecule is COc1ccc(Cl)cc1NC(=O)CN1CCC2(CCOCC2)C1. The lowest BCUT2D eigenvalue weighted by molar-refractivity contribution is -0.117. The van der Waals surface area contributed by atoms with Gasteiger partial charge in [-0.25, -0.2) is 0 Å². The topological polar surface area (TPSA) is 50.8 Å². The maximum absolute atomic E-state index is 12.3. The zero-order valence-electron chi connectivity index (χ0n) is 13.4. The molecule has 2 aliphatic heterocycles. The van der Waals surface area contributed by atoms with Crippen LogP contribution in [0.4, 0.5) is 5.69 Å². The van der Waals surface area contributed by atoms with Gasteiger partial charge in [-0.05, 0) is 49.4 Å². The van der Waals surface area contributed by atoms with Crippen LogP contribution < -0.4 is 10.1 Å². The van der Waals surface area contributed by atoms with Gasteiger partial charge in [0.05, 0.1) is 19.3 Å². The Balaban J connectivity index is 1.57. The van der Waals surface area contributed by atoms with Gasteiger partial charge in [0.25, 0.3) is 0 Å². The van der Waals surface area contributed by atoms with E-state index in [1.165, 1.54) is 0 Å². The zero-order chi connectivity index (χ0) is 16.3. The number of carbonyl (C=O) groups is 1. The zero-order valence-corrected chi connectivity index (χ0v) is 14.2. The highest BCUT2D eigenvalue weighted by Crippen LogP contribution is 2.39. The van der Waals surface area contributed by atoms with Crippen molar-refractivity contribution in [1.29, 1.82) is 0 Å². The molecule has 0 aliphatic carbocycles. The van der Waals surface area contributed by atoms with E-state index in [4.69, 9.17) is 21.1 Å². The molecule has 1 amide bonds. The molecule has 3 rings (SSSR count). The largest absolute Gasteiger partial charge is 0.495 e. The number of halogens is 1. The first-order chi connectivity index (χ1) is 11.1. The number of benzene rings is 1. The molecule has 2 aliphatic rings. The van der Waals surface area contributed by atoms with E-state index >= 15 is 0 Å². The number of hydrogen-bond acceptors (Lipinski definition) is 4. The Kier molecular flexibility index (Phi) is 5.09. The third-order valence-corrected chi connectivity index (χ3v) is 5.11. The highest BCUT2D eigenvalue weighted by molar-refractivity contribution is 6.31. The van der Waals surface area contributed by atoms with Crippen LogP contribution in [0.25, 0.3) is 0 Å². The summed E-state index contributed by atoms with van der Waals surface area (Å²) in [5.41, 5.74) is 0.969. The van der Waals surface area contributed by atoms with Crippen LogP contribution in [0.5, 0.6) is 5.75 Å². The molecule has 2 saturated heterocycles. The number of ether oxygens (including phenoxy) is 2. The second kappa shape index (κ2) is 7.07. The van der Waals surface area contributed by atoms with E-state index in [9.17, 15) is 4.79 Å². The van der Waals surface area contributed by atoms with Crippen molar-refractivity contribution in [3.05, 3.63) is 23.2 Å². The lowest BCUT2D eigenvalue weighted by atomic mass is 9.80. The first-order valence-electron chi connectivity index (χ1n) is 8.04. The van der Waals surface area contributed by atoms with Gasteiger partial charge in [0.1, 0.15) is 5.75 Å². The number of nitrogens with one attached hydrogen (secondary N) is 1. The number of carbonyl (C=O) groups excluding carboxylic acids is 1. The van der Waals surface area contributed by atoms with Crippen molar-refractivity contribution in [1.82, 2.24) is 4.90 Å². The van der Waals surface area contributed by atoms with Gasteiger partial charge in [0.15, 0.2) is 0 Å². The average Bonchev–Trinajstić information content (AvgIpc) is 2.90. The molecule has 2 fully saturated rings. The molecule has 2 heterocycles. The molecular formula is C17H23ClN2O3. The van der Waals surface area contributed by atoms with Crippen LogP contribution in [0, 0.1) is 5.41 Å². The van der Waals surface area contributed by atoms with Gasteiger partial charge in [-0.3, -0.25) is 9.69 Å². The van der Waals surface area contributed by atoms with Crippen LogP contribution in [-0.2, 0) is 9.53 Å². The Morgan fingerprint density at radius 2 is 2.17 bits per heavy atom. The van der Waals surface area contributed by atoms with Crippen molar-refractivity contribution < 1.29 is 14.3 Å². The number of methoxy groups -OCH3 is 1. The molecule has 0 aromatic heterocycles. The molecule has 0 saturated carbocycles. The normalized spacial score (nSPS) is 20.6. The molecule has 126 valence electrons. The minimum Gasteiger partial charge on any atom is -0.495 e. The molecule has 1 aromatic rings. The summed E-state index contributed by atoms with van der Waals surface area (Å²) in [6.45, 7) is 4.05. The molecular weight excluding hydrogens is 316 g/mol. The number of rotatable bonds is 4. The molecule has 0 bridgehead atoms. The molecule has 6 heteroatoms. The first kappa shape index (κ1) is 16.6. The summed E-state index contributed by atoms with van der Waals surface area (Å²) in [4.78, 5) is 14.6. The summed E-state index contributed by atoms with van der Waals surface area (Å²) in [7, 11) is 1.58. The lowest BCUT2D eigenvalue weighted by Crippen LogP contribution is -2.36. The first-order valence-corrected chi connectivity index (χ1v) is 8.42. The lowest BCUT2D eigenvalue weighted by Gasteiger charge is -2.33. The molecule has 0 radical (unpaired) electrons. The molecule has 5 nitrogen and oxygen atoms in total. The van der Waals surface area contributed by atoms with Crippen molar-refractivity contribution >= 4 is 23.2 Å². The van der Waals surface area contributed by atoms with Crippen molar-refractivity contribution in [3.8, 4) is 5.75 Å². The fourth-order valence-electron chi connectivity index (χ4n) is 3.55. The number of nitrogens with zero attached hydrogens (tertiary/aromatic N) is 1. The Morgan fingerprint density at radius 1 is 1.39 bits per heavy atom.